The maximum atomic E-state index is 11.6. The molecular formula is C18H20N2O3. The smallest absolute Gasteiger partial charge is 0.414 e. The van der Waals surface area contributed by atoms with Gasteiger partial charge in [0.15, 0.2) is 0 Å². The molecule has 1 N–H and O–H groups in total. The average Bonchev–Trinajstić information content (AvgIpc) is 3.22. The van der Waals surface area contributed by atoms with Gasteiger partial charge in [0.2, 0.25) is 0 Å². The van der Waals surface area contributed by atoms with Crippen molar-refractivity contribution in [3.63, 3.8) is 0 Å². The van der Waals surface area contributed by atoms with E-state index in [-0.39, 0.29) is 6.09 Å². The normalized spacial score (nSPS) is 20.4. The number of hydrogen-bond acceptors (Lipinski definition) is 4. The van der Waals surface area contributed by atoms with Crippen LogP contribution in [0.5, 0.6) is 0 Å². The number of aryl methyl sites for hydroxylation is 1. The molecule has 1 aromatic heterocycles. The third kappa shape index (κ3) is 2.84. The predicted octanol–water partition coefficient (Wildman–Crippen LogP) is 3.40. The van der Waals surface area contributed by atoms with E-state index >= 15 is 0 Å². The third-order valence-corrected chi connectivity index (χ3v) is 4.61. The van der Waals surface area contributed by atoms with Gasteiger partial charge in [-0.2, -0.15) is 0 Å². The summed E-state index contributed by atoms with van der Waals surface area (Å²) in [6.45, 7) is 1.90. The number of furan rings is 1. The predicted molar refractivity (Wildman–Crippen MR) is 86.4 cm³/mol. The molecule has 120 valence electrons. The number of amides is 1. The maximum absolute atomic E-state index is 11.6. The maximum Gasteiger partial charge on any atom is 0.414 e. The SMILES string of the molecule is O=C1OCCN1c1ccc(CNC2CCCc3occc32)cc1. The minimum atomic E-state index is -0.259. The minimum Gasteiger partial charge on any atom is -0.469 e. The summed E-state index contributed by atoms with van der Waals surface area (Å²) in [6.07, 6.45) is 4.87. The Bertz CT molecular complexity index is 693. The van der Waals surface area contributed by atoms with Gasteiger partial charge >= 0.3 is 6.09 Å². The summed E-state index contributed by atoms with van der Waals surface area (Å²) in [5.74, 6) is 1.12. The van der Waals surface area contributed by atoms with E-state index in [0.717, 1.165) is 37.3 Å². The molecule has 1 aliphatic carbocycles. The van der Waals surface area contributed by atoms with E-state index in [1.54, 1.807) is 11.2 Å². The lowest BCUT2D eigenvalue weighted by Crippen LogP contribution is -2.24. The van der Waals surface area contributed by atoms with Crippen molar-refractivity contribution in [2.45, 2.75) is 31.8 Å². The first-order chi connectivity index (χ1) is 11.3. The number of anilines is 1. The van der Waals surface area contributed by atoms with E-state index in [1.165, 1.54) is 11.1 Å². The van der Waals surface area contributed by atoms with Crippen molar-refractivity contribution in [1.82, 2.24) is 5.32 Å². The summed E-state index contributed by atoms with van der Waals surface area (Å²) in [5.41, 5.74) is 3.40. The van der Waals surface area contributed by atoms with Gasteiger partial charge in [-0.25, -0.2) is 4.79 Å². The minimum absolute atomic E-state index is 0.259. The summed E-state index contributed by atoms with van der Waals surface area (Å²) < 4.78 is 10.5. The van der Waals surface area contributed by atoms with Crippen LogP contribution in [-0.2, 0) is 17.7 Å². The van der Waals surface area contributed by atoms with Crippen LogP contribution in [0.1, 0.15) is 35.8 Å². The van der Waals surface area contributed by atoms with Crippen molar-refractivity contribution in [2.75, 3.05) is 18.1 Å². The van der Waals surface area contributed by atoms with Crippen molar-refractivity contribution < 1.29 is 13.9 Å². The highest BCUT2D eigenvalue weighted by atomic mass is 16.6. The Labute approximate surface area is 135 Å². The molecule has 0 radical (unpaired) electrons. The molecule has 1 unspecified atom stereocenters. The molecule has 5 heteroatoms. The van der Waals surface area contributed by atoms with Crippen LogP contribution in [0.4, 0.5) is 10.5 Å². The second-order valence-corrected chi connectivity index (χ2v) is 6.06. The molecule has 0 saturated carbocycles. The zero-order valence-corrected chi connectivity index (χ0v) is 13.0. The van der Waals surface area contributed by atoms with Crippen molar-refractivity contribution in [3.05, 3.63) is 53.5 Å². The molecule has 2 heterocycles. The summed E-state index contributed by atoms with van der Waals surface area (Å²) in [7, 11) is 0. The quantitative estimate of drug-likeness (QED) is 0.940. The second-order valence-electron chi connectivity index (χ2n) is 6.06. The van der Waals surface area contributed by atoms with Crippen LogP contribution >= 0.6 is 0 Å². The largest absolute Gasteiger partial charge is 0.469 e. The third-order valence-electron chi connectivity index (χ3n) is 4.61. The van der Waals surface area contributed by atoms with Gasteiger partial charge in [-0.3, -0.25) is 4.90 Å². The van der Waals surface area contributed by atoms with E-state index in [9.17, 15) is 4.79 Å². The molecule has 2 aliphatic rings. The van der Waals surface area contributed by atoms with Crippen LogP contribution in [0, 0.1) is 0 Å². The molecule has 2 aromatic rings. The fourth-order valence-corrected chi connectivity index (χ4v) is 3.36. The van der Waals surface area contributed by atoms with Crippen LogP contribution in [-0.4, -0.2) is 19.2 Å². The number of carbonyl (C=O) groups is 1. The van der Waals surface area contributed by atoms with Gasteiger partial charge in [0.25, 0.3) is 0 Å². The lowest BCUT2D eigenvalue weighted by Gasteiger charge is -2.23. The highest BCUT2D eigenvalue weighted by molar-refractivity contribution is 5.89. The van der Waals surface area contributed by atoms with Crippen LogP contribution < -0.4 is 10.2 Å². The summed E-state index contributed by atoms with van der Waals surface area (Å²) in [6, 6.07) is 10.5. The Morgan fingerprint density at radius 1 is 1.22 bits per heavy atom. The first-order valence-corrected chi connectivity index (χ1v) is 8.14. The fraction of sp³-hybridized carbons (Fsp3) is 0.389. The first-order valence-electron chi connectivity index (χ1n) is 8.14. The van der Waals surface area contributed by atoms with Crippen molar-refractivity contribution in [2.24, 2.45) is 0 Å². The molecule has 5 nitrogen and oxygen atoms in total. The van der Waals surface area contributed by atoms with Gasteiger partial charge in [-0.15, -0.1) is 0 Å². The standard InChI is InChI=1S/C18H20N2O3/c21-18-20(9-11-23-18)14-6-4-13(5-7-14)12-19-16-2-1-3-17-15(16)8-10-22-17/h4-8,10,16,19H,1-3,9,11-12H2. The van der Waals surface area contributed by atoms with Gasteiger partial charge < -0.3 is 14.5 Å². The topological polar surface area (TPSA) is 54.7 Å². The number of ether oxygens (including phenoxy) is 1. The zero-order valence-electron chi connectivity index (χ0n) is 13.0. The van der Waals surface area contributed by atoms with Gasteiger partial charge in [0.1, 0.15) is 12.4 Å². The van der Waals surface area contributed by atoms with Crippen molar-refractivity contribution >= 4 is 11.8 Å². The van der Waals surface area contributed by atoms with Gasteiger partial charge in [0.05, 0.1) is 12.8 Å². The van der Waals surface area contributed by atoms with Gasteiger partial charge in [-0.05, 0) is 36.6 Å². The second kappa shape index (κ2) is 6.08. The zero-order chi connectivity index (χ0) is 15.6. The molecular weight excluding hydrogens is 292 g/mol. The summed E-state index contributed by atoms with van der Waals surface area (Å²) in [5, 5.41) is 3.61. The molecule has 1 aliphatic heterocycles. The number of carbonyl (C=O) groups excluding carboxylic acids is 1. The molecule has 0 spiro atoms. The highest BCUT2D eigenvalue weighted by Gasteiger charge is 2.24. The molecule has 1 saturated heterocycles. The van der Waals surface area contributed by atoms with E-state index in [4.69, 9.17) is 9.15 Å². The van der Waals surface area contributed by atoms with Crippen LogP contribution in [0.3, 0.4) is 0 Å². The van der Waals surface area contributed by atoms with E-state index in [2.05, 4.69) is 23.5 Å². The Morgan fingerprint density at radius 3 is 2.87 bits per heavy atom. The lowest BCUT2D eigenvalue weighted by atomic mass is 9.93. The summed E-state index contributed by atoms with van der Waals surface area (Å²) >= 11 is 0. The molecule has 0 bridgehead atoms. The van der Waals surface area contributed by atoms with E-state index in [0.29, 0.717) is 19.2 Å². The van der Waals surface area contributed by atoms with Gasteiger partial charge in [0, 0.05) is 30.3 Å². The highest BCUT2D eigenvalue weighted by Crippen LogP contribution is 2.30. The Hall–Kier alpha value is -2.27. The number of hydrogen-bond donors (Lipinski definition) is 1. The number of fused-ring (bicyclic) bond motifs is 1. The molecule has 1 fully saturated rings. The molecule has 1 aromatic carbocycles. The molecule has 23 heavy (non-hydrogen) atoms. The first kappa shape index (κ1) is 14.3. The van der Waals surface area contributed by atoms with Crippen LogP contribution in [0.2, 0.25) is 0 Å². The Kier molecular flexibility index (Phi) is 3.79. The van der Waals surface area contributed by atoms with Gasteiger partial charge in [-0.1, -0.05) is 12.1 Å². The lowest BCUT2D eigenvalue weighted by molar-refractivity contribution is 0.181. The molecule has 1 amide bonds. The van der Waals surface area contributed by atoms with Crippen molar-refractivity contribution in [3.8, 4) is 0 Å². The van der Waals surface area contributed by atoms with Crippen LogP contribution in [0.15, 0.2) is 41.0 Å². The number of nitrogens with one attached hydrogen (secondary N) is 1. The van der Waals surface area contributed by atoms with E-state index < -0.39 is 0 Å². The number of benzene rings is 1. The number of cyclic esters (lactones) is 1. The number of rotatable bonds is 4. The monoisotopic (exact) mass is 312 g/mol. The van der Waals surface area contributed by atoms with E-state index in [1.807, 2.05) is 12.1 Å². The molecule has 1 atom stereocenters. The Morgan fingerprint density at radius 2 is 2.09 bits per heavy atom. The summed E-state index contributed by atoms with van der Waals surface area (Å²) in [4.78, 5) is 13.2. The van der Waals surface area contributed by atoms with Crippen LogP contribution in [0.25, 0.3) is 0 Å². The number of nitrogens with zero attached hydrogens (tertiary/aromatic N) is 1. The van der Waals surface area contributed by atoms with Crippen molar-refractivity contribution in [1.29, 1.82) is 0 Å². The fourth-order valence-electron chi connectivity index (χ4n) is 3.36. The average molecular weight is 312 g/mol. The molecule has 4 rings (SSSR count). The Balaban J connectivity index is 1.40.